The fourth-order valence-corrected chi connectivity index (χ4v) is 5.75. The molecule has 1 atom stereocenters. The zero-order chi connectivity index (χ0) is 17.9. The van der Waals surface area contributed by atoms with Crippen molar-refractivity contribution in [2.24, 2.45) is 5.92 Å². The molecule has 1 saturated heterocycles. The molecule has 25 heavy (non-hydrogen) atoms. The number of rotatable bonds is 5. The molecule has 1 aliphatic heterocycles. The van der Waals surface area contributed by atoms with E-state index in [-0.39, 0.29) is 29.4 Å². The van der Waals surface area contributed by atoms with Crippen molar-refractivity contribution in [3.8, 4) is 0 Å². The van der Waals surface area contributed by atoms with E-state index in [2.05, 4.69) is 10.2 Å². The number of hydrogen-bond acceptors (Lipinski definition) is 4. The van der Waals surface area contributed by atoms with Crippen LogP contribution in [0.15, 0.2) is 24.3 Å². The van der Waals surface area contributed by atoms with E-state index in [0.717, 1.165) is 43.6 Å². The van der Waals surface area contributed by atoms with Gasteiger partial charge in [0.15, 0.2) is 9.84 Å². The third-order valence-electron chi connectivity index (χ3n) is 5.43. The molecule has 0 aromatic heterocycles. The van der Waals surface area contributed by atoms with Crippen LogP contribution in [-0.2, 0) is 14.6 Å². The highest BCUT2D eigenvalue weighted by molar-refractivity contribution is 7.91. The Balaban J connectivity index is 1.63. The summed E-state index contributed by atoms with van der Waals surface area (Å²) < 4.78 is 23.5. The molecular weight excluding hydrogens is 336 g/mol. The highest BCUT2D eigenvalue weighted by atomic mass is 32.2. The fraction of sp³-hybridized carbons (Fsp3) is 0.632. The Kier molecular flexibility index (Phi) is 5.67. The second kappa shape index (κ2) is 7.77. The Morgan fingerprint density at radius 1 is 1.12 bits per heavy atom. The summed E-state index contributed by atoms with van der Waals surface area (Å²) in [7, 11) is -2.89. The van der Waals surface area contributed by atoms with Crippen molar-refractivity contribution in [1.29, 1.82) is 0 Å². The lowest BCUT2D eigenvalue weighted by molar-refractivity contribution is -0.120. The van der Waals surface area contributed by atoms with Gasteiger partial charge in [0.25, 0.3) is 0 Å². The summed E-state index contributed by atoms with van der Waals surface area (Å²) in [4.78, 5) is 14.5. The van der Waals surface area contributed by atoms with Gasteiger partial charge in [-0.3, -0.25) is 4.79 Å². The Labute approximate surface area is 150 Å². The average molecular weight is 365 g/mol. The van der Waals surface area contributed by atoms with Gasteiger partial charge in [0.1, 0.15) is 0 Å². The molecule has 0 spiro atoms. The maximum absolute atomic E-state index is 12.3. The van der Waals surface area contributed by atoms with E-state index in [1.165, 1.54) is 6.42 Å². The van der Waals surface area contributed by atoms with E-state index in [4.69, 9.17) is 0 Å². The number of nitrogens with one attached hydrogen (secondary N) is 1. The van der Waals surface area contributed by atoms with Crippen LogP contribution in [0, 0.1) is 5.92 Å². The van der Waals surface area contributed by atoms with E-state index in [9.17, 15) is 13.2 Å². The first-order valence-corrected chi connectivity index (χ1v) is 11.2. The van der Waals surface area contributed by atoms with Crippen LogP contribution in [0.2, 0.25) is 0 Å². The highest BCUT2D eigenvalue weighted by Crippen LogP contribution is 2.27. The van der Waals surface area contributed by atoms with Crippen molar-refractivity contribution in [3.05, 3.63) is 24.3 Å². The first kappa shape index (κ1) is 18.2. The summed E-state index contributed by atoms with van der Waals surface area (Å²) >= 11 is 0. The number of carbonyl (C=O) groups excluding carboxylic acids is 1. The topological polar surface area (TPSA) is 66.5 Å². The summed E-state index contributed by atoms with van der Waals surface area (Å²) in [6, 6.07) is 7.85. The molecule has 1 heterocycles. The molecule has 2 fully saturated rings. The molecule has 1 N–H and O–H groups in total. The standard InChI is InChI=1S/C19H28N2O3S/c1-2-21(18-12-13-25(23,24)14-18)17-10-8-16(9-11-17)20-19(22)15-6-4-3-5-7-15/h8-11,15,18H,2-7,12-14H2,1H3,(H,20,22). The number of hydrogen-bond donors (Lipinski definition) is 1. The molecule has 1 amide bonds. The van der Waals surface area contributed by atoms with Gasteiger partial charge in [0.2, 0.25) is 5.91 Å². The number of anilines is 2. The molecular formula is C19H28N2O3S. The van der Waals surface area contributed by atoms with Crippen LogP contribution >= 0.6 is 0 Å². The molecule has 5 nitrogen and oxygen atoms in total. The Hall–Kier alpha value is -1.56. The number of sulfone groups is 1. The van der Waals surface area contributed by atoms with Crippen LogP contribution in [0.5, 0.6) is 0 Å². The van der Waals surface area contributed by atoms with Crippen molar-refractivity contribution in [1.82, 2.24) is 0 Å². The summed E-state index contributed by atoms with van der Waals surface area (Å²) in [6.07, 6.45) is 6.20. The van der Waals surface area contributed by atoms with Gasteiger partial charge >= 0.3 is 0 Å². The third-order valence-corrected chi connectivity index (χ3v) is 7.18. The molecule has 1 saturated carbocycles. The summed E-state index contributed by atoms with van der Waals surface area (Å²) in [6.45, 7) is 2.82. The van der Waals surface area contributed by atoms with Gasteiger partial charge in [-0.2, -0.15) is 0 Å². The largest absolute Gasteiger partial charge is 0.368 e. The van der Waals surface area contributed by atoms with Crippen molar-refractivity contribution in [2.75, 3.05) is 28.3 Å². The molecule has 6 heteroatoms. The van der Waals surface area contributed by atoms with Gasteiger partial charge < -0.3 is 10.2 Å². The Bertz CT molecular complexity index is 694. The minimum atomic E-state index is -2.89. The highest BCUT2D eigenvalue weighted by Gasteiger charge is 2.31. The summed E-state index contributed by atoms with van der Waals surface area (Å²) in [5, 5.41) is 3.03. The lowest BCUT2D eigenvalue weighted by Gasteiger charge is -2.29. The van der Waals surface area contributed by atoms with Crippen molar-refractivity contribution in [2.45, 2.75) is 51.5 Å². The average Bonchev–Trinajstić information content (AvgIpc) is 2.97. The van der Waals surface area contributed by atoms with Crippen molar-refractivity contribution in [3.63, 3.8) is 0 Å². The smallest absolute Gasteiger partial charge is 0.227 e. The van der Waals surface area contributed by atoms with Crippen molar-refractivity contribution >= 4 is 27.1 Å². The molecule has 2 aliphatic rings. The first-order chi connectivity index (χ1) is 12.0. The van der Waals surface area contributed by atoms with E-state index >= 15 is 0 Å². The van der Waals surface area contributed by atoms with Crippen LogP contribution < -0.4 is 10.2 Å². The zero-order valence-electron chi connectivity index (χ0n) is 14.9. The monoisotopic (exact) mass is 364 g/mol. The van der Waals surface area contributed by atoms with E-state index in [1.807, 2.05) is 31.2 Å². The number of carbonyl (C=O) groups is 1. The molecule has 1 aliphatic carbocycles. The minimum absolute atomic E-state index is 0.0534. The molecule has 0 bridgehead atoms. The zero-order valence-corrected chi connectivity index (χ0v) is 15.7. The van der Waals surface area contributed by atoms with Gasteiger partial charge in [0.05, 0.1) is 11.5 Å². The van der Waals surface area contributed by atoms with E-state index in [0.29, 0.717) is 6.42 Å². The van der Waals surface area contributed by atoms with Gasteiger partial charge in [0, 0.05) is 29.9 Å². The van der Waals surface area contributed by atoms with Gasteiger partial charge in [-0.25, -0.2) is 8.42 Å². The summed E-state index contributed by atoms with van der Waals surface area (Å²) in [5.41, 5.74) is 1.83. The molecule has 0 radical (unpaired) electrons. The quantitative estimate of drug-likeness (QED) is 0.871. The predicted molar refractivity (Wildman–Crippen MR) is 102 cm³/mol. The van der Waals surface area contributed by atoms with Gasteiger partial charge in [-0.05, 0) is 50.5 Å². The number of benzene rings is 1. The van der Waals surface area contributed by atoms with E-state index < -0.39 is 9.84 Å². The maximum Gasteiger partial charge on any atom is 0.227 e. The number of amides is 1. The van der Waals surface area contributed by atoms with Gasteiger partial charge in [-0.1, -0.05) is 19.3 Å². The predicted octanol–water partition coefficient (Wildman–Crippen LogP) is 3.22. The van der Waals surface area contributed by atoms with Crippen LogP contribution in [0.25, 0.3) is 0 Å². The second-order valence-corrected chi connectivity index (χ2v) is 9.44. The Morgan fingerprint density at radius 3 is 2.36 bits per heavy atom. The summed E-state index contributed by atoms with van der Waals surface area (Å²) in [5.74, 6) is 0.788. The van der Waals surface area contributed by atoms with Crippen LogP contribution in [0.4, 0.5) is 11.4 Å². The SMILES string of the molecule is CCN(c1ccc(NC(=O)C2CCCCC2)cc1)C1CCS(=O)(=O)C1. The molecule has 1 unspecified atom stereocenters. The van der Waals surface area contributed by atoms with E-state index in [1.54, 1.807) is 0 Å². The fourth-order valence-electron chi connectivity index (χ4n) is 4.02. The normalized spacial score (nSPS) is 23.3. The van der Waals surface area contributed by atoms with Gasteiger partial charge in [-0.15, -0.1) is 0 Å². The minimum Gasteiger partial charge on any atom is -0.368 e. The molecule has 1 aromatic rings. The lowest BCUT2D eigenvalue weighted by atomic mass is 9.88. The molecule has 138 valence electrons. The third kappa shape index (κ3) is 4.54. The van der Waals surface area contributed by atoms with Crippen LogP contribution in [0.1, 0.15) is 45.4 Å². The van der Waals surface area contributed by atoms with Crippen molar-refractivity contribution < 1.29 is 13.2 Å². The second-order valence-electron chi connectivity index (χ2n) is 7.21. The molecule has 3 rings (SSSR count). The first-order valence-electron chi connectivity index (χ1n) is 9.36. The lowest BCUT2D eigenvalue weighted by Crippen LogP contribution is -2.36. The molecule has 1 aromatic carbocycles. The van der Waals surface area contributed by atoms with Crippen LogP contribution in [-0.4, -0.2) is 38.4 Å². The maximum atomic E-state index is 12.3. The van der Waals surface area contributed by atoms with Crippen LogP contribution in [0.3, 0.4) is 0 Å². The number of nitrogens with zero attached hydrogens (tertiary/aromatic N) is 1. The Morgan fingerprint density at radius 2 is 1.80 bits per heavy atom.